The highest BCUT2D eigenvalue weighted by atomic mass is 16.6. The molecule has 1 aliphatic rings. The van der Waals surface area contributed by atoms with Crippen LogP contribution in [0.3, 0.4) is 0 Å². The van der Waals surface area contributed by atoms with Crippen LogP contribution in [0.15, 0.2) is 24.5 Å². The number of carbonyl (C=O) groups excluding carboxylic acids is 1. The van der Waals surface area contributed by atoms with Crippen molar-refractivity contribution in [2.45, 2.75) is 51.4 Å². The van der Waals surface area contributed by atoms with E-state index in [1.165, 1.54) is 0 Å². The maximum absolute atomic E-state index is 12.0. The average Bonchev–Trinajstić information content (AvgIpc) is 2.47. The van der Waals surface area contributed by atoms with Crippen molar-refractivity contribution in [3.8, 4) is 0 Å². The fourth-order valence-electron chi connectivity index (χ4n) is 2.55. The van der Waals surface area contributed by atoms with Crippen molar-refractivity contribution in [3.05, 3.63) is 30.1 Å². The van der Waals surface area contributed by atoms with Crippen molar-refractivity contribution in [2.24, 2.45) is 0 Å². The number of hydrogen-bond donors (Lipinski definition) is 2. The number of aromatic nitrogens is 1. The largest absolute Gasteiger partial charge is 0.444 e. The van der Waals surface area contributed by atoms with Crippen molar-refractivity contribution in [2.75, 3.05) is 19.6 Å². The van der Waals surface area contributed by atoms with Crippen molar-refractivity contribution in [1.82, 2.24) is 15.2 Å². The first-order valence-electron chi connectivity index (χ1n) is 8.07. The Labute approximate surface area is 137 Å². The van der Waals surface area contributed by atoms with Crippen molar-refractivity contribution >= 4 is 6.09 Å². The van der Waals surface area contributed by atoms with E-state index in [0.717, 1.165) is 5.56 Å². The number of pyridine rings is 1. The van der Waals surface area contributed by atoms with Crippen LogP contribution >= 0.6 is 0 Å². The molecule has 0 bridgehead atoms. The van der Waals surface area contributed by atoms with Gasteiger partial charge in [0.25, 0.3) is 0 Å². The first-order valence-corrected chi connectivity index (χ1v) is 8.07. The highest BCUT2D eigenvalue weighted by molar-refractivity contribution is 5.68. The van der Waals surface area contributed by atoms with Gasteiger partial charge in [-0.2, -0.15) is 0 Å². The average molecular weight is 321 g/mol. The lowest BCUT2D eigenvalue weighted by Crippen LogP contribution is -2.51. The van der Waals surface area contributed by atoms with Crippen LogP contribution in [0.1, 0.15) is 39.2 Å². The van der Waals surface area contributed by atoms with E-state index in [1.807, 2.05) is 39.1 Å². The molecule has 2 N–H and O–H groups in total. The minimum atomic E-state index is -0.777. The number of nitrogens with one attached hydrogen (secondary N) is 1. The molecule has 0 spiro atoms. The highest BCUT2D eigenvalue weighted by Gasteiger charge is 2.35. The Bertz CT molecular complexity index is 506. The Morgan fingerprint density at radius 3 is 2.70 bits per heavy atom. The predicted molar refractivity (Wildman–Crippen MR) is 87.9 cm³/mol. The van der Waals surface area contributed by atoms with Crippen molar-refractivity contribution < 1.29 is 14.6 Å². The van der Waals surface area contributed by atoms with Crippen LogP contribution < -0.4 is 5.32 Å². The molecule has 2 rings (SSSR count). The Kier molecular flexibility index (Phi) is 5.59. The lowest BCUT2D eigenvalue weighted by Gasteiger charge is -2.38. The minimum absolute atomic E-state index is 0.303. The summed E-state index contributed by atoms with van der Waals surface area (Å²) in [5, 5.41) is 13.9. The summed E-state index contributed by atoms with van der Waals surface area (Å²) in [4.78, 5) is 17.8. The number of amides is 1. The third-order valence-corrected chi connectivity index (χ3v) is 3.85. The van der Waals surface area contributed by atoms with E-state index in [2.05, 4.69) is 10.3 Å². The van der Waals surface area contributed by atoms with Gasteiger partial charge in [0.1, 0.15) is 5.60 Å². The van der Waals surface area contributed by atoms with E-state index in [9.17, 15) is 9.90 Å². The summed E-state index contributed by atoms with van der Waals surface area (Å²) >= 11 is 0. The van der Waals surface area contributed by atoms with Gasteiger partial charge < -0.3 is 20.1 Å². The number of likely N-dealkylation sites (tertiary alicyclic amines) is 1. The molecule has 128 valence electrons. The van der Waals surface area contributed by atoms with Crippen LogP contribution in [-0.4, -0.2) is 51.9 Å². The van der Waals surface area contributed by atoms with Crippen LogP contribution in [-0.2, 0) is 11.3 Å². The lowest BCUT2D eigenvalue weighted by molar-refractivity contribution is -0.0310. The highest BCUT2D eigenvalue weighted by Crippen LogP contribution is 2.23. The van der Waals surface area contributed by atoms with Gasteiger partial charge in [-0.15, -0.1) is 0 Å². The molecular formula is C17H27N3O3. The second kappa shape index (κ2) is 7.27. The number of nitrogens with zero attached hydrogens (tertiary/aromatic N) is 2. The normalized spacial score (nSPS) is 17.8. The summed E-state index contributed by atoms with van der Waals surface area (Å²) in [6, 6.07) is 3.89. The zero-order chi connectivity index (χ0) is 16.9. The first-order chi connectivity index (χ1) is 10.8. The number of rotatable bonds is 4. The maximum Gasteiger partial charge on any atom is 0.410 e. The number of hydrogen-bond acceptors (Lipinski definition) is 5. The molecule has 0 unspecified atom stereocenters. The van der Waals surface area contributed by atoms with Gasteiger partial charge in [0.15, 0.2) is 0 Å². The number of carbonyl (C=O) groups is 1. The summed E-state index contributed by atoms with van der Waals surface area (Å²) in [5.74, 6) is 0. The van der Waals surface area contributed by atoms with E-state index < -0.39 is 11.2 Å². The molecule has 0 aromatic carbocycles. The second-order valence-electron chi connectivity index (χ2n) is 7.16. The van der Waals surface area contributed by atoms with Crippen LogP contribution in [0.4, 0.5) is 4.79 Å². The van der Waals surface area contributed by atoms with Crippen molar-refractivity contribution in [1.29, 1.82) is 0 Å². The van der Waals surface area contributed by atoms with Crippen LogP contribution in [0.25, 0.3) is 0 Å². The van der Waals surface area contributed by atoms with E-state index in [1.54, 1.807) is 11.1 Å². The summed E-state index contributed by atoms with van der Waals surface area (Å²) < 4.78 is 5.37. The van der Waals surface area contributed by atoms with Gasteiger partial charge in [0, 0.05) is 38.6 Å². The number of piperidine rings is 1. The molecule has 23 heavy (non-hydrogen) atoms. The number of aliphatic hydroxyl groups is 1. The Hall–Kier alpha value is -1.66. The van der Waals surface area contributed by atoms with E-state index in [-0.39, 0.29) is 6.09 Å². The van der Waals surface area contributed by atoms with Gasteiger partial charge in [-0.05, 0) is 45.2 Å². The summed E-state index contributed by atoms with van der Waals surface area (Å²) in [5.41, 5.74) is -0.182. The predicted octanol–water partition coefficient (Wildman–Crippen LogP) is 1.93. The minimum Gasteiger partial charge on any atom is -0.444 e. The van der Waals surface area contributed by atoms with Crippen LogP contribution in [0, 0.1) is 0 Å². The summed E-state index contributed by atoms with van der Waals surface area (Å²) in [6.07, 6.45) is 4.34. The smallest absolute Gasteiger partial charge is 0.410 e. The SMILES string of the molecule is CC(C)(C)OC(=O)N1CCC(O)(CNCc2cccnc2)CC1. The molecule has 0 atom stereocenters. The first kappa shape index (κ1) is 17.7. The Balaban J connectivity index is 1.75. The fraction of sp³-hybridized carbons (Fsp3) is 0.647. The standard InChI is InChI=1S/C17H27N3O3/c1-16(2,3)23-15(21)20-9-6-17(22,7-10-20)13-19-12-14-5-4-8-18-11-14/h4-5,8,11,19,22H,6-7,9-10,12-13H2,1-3H3. The zero-order valence-corrected chi connectivity index (χ0v) is 14.2. The Morgan fingerprint density at radius 1 is 1.43 bits per heavy atom. The summed E-state index contributed by atoms with van der Waals surface area (Å²) in [7, 11) is 0. The summed E-state index contributed by atoms with van der Waals surface area (Å²) in [6.45, 7) is 7.77. The van der Waals surface area contributed by atoms with Gasteiger partial charge >= 0.3 is 6.09 Å². The molecule has 1 aromatic heterocycles. The van der Waals surface area contributed by atoms with Gasteiger partial charge in [-0.25, -0.2) is 4.79 Å². The molecule has 0 radical (unpaired) electrons. The van der Waals surface area contributed by atoms with E-state index >= 15 is 0 Å². The number of ether oxygens (including phenoxy) is 1. The van der Waals surface area contributed by atoms with E-state index in [4.69, 9.17) is 4.74 Å². The molecule has 1 aliphatic heterocycles. The van der Waals surface area contributed by atoms with Crippen LogP contribution in [0.5, 0.6) is 0 Å². The zero-order valence-electron chi connectivity index (χ0n) is 14.2. The molecular weight excluding hydrogens is 294 g/mol. The molecule has 0 aliphatic carbocycles. The van der Waals surface area contributed by atoms with Gasteiger partial charge in [-0.1, -0.05) is 6.07 Å². The topological polar surface area (TPSA) is 74.7 Å². The molecule has 1 amide bonds. The quantitative estimate of drug-likeness (QED) is 0.886. The van der Waals surface area contributed by atoms with Gasteiger partial charge in [-0.3, -0.25) is 4.98 Å². The maximum atomic E-state index is 12.0. The van der Waals surface area contributed by atoms with E-state index in [0.29, 0.717) is 39.0 Å². The molecule has 1 aromatic rings. The molecule has 6 heteroatoms. The molecule has 6 nitrogen and oxygen atoms in total. The molecule has 0 saturated carbocycles. The molecule has 2 heterocycles. The van der Waals surface area contributed by atoms with Crippen LogP contribution in [0.2, 0.25) is 0 Å². The van der Waals surface area contributed by atoms with Gasteiger partial charge in [0.05, 0.1) is 5.60 Å². The Morgan fingerprint density at radius 2 is 2.13 bits per heavy atom. The third-order valence-electron chi connectivity index (χ3n) is 3.85. The third kappa shape index (κ3) is 5.80. The monoisotopic (exact) mass is 321 g/mol. The van der Waals surface area contributed by atoms with Gasteiger partial charge in [0.2, 0.25) is 0 Å². The van der Waals surface area contributed by atoms with Crippen molar-refractivity contribution in [3.63, 3.8) is 0 Å². The lowest BCUT2D eigenvalue weighted by atomic mass is 9.91. The molecule has 1 fully saturated rings. The second-order valence-corrected chi connectivity index (χ2v) is 7.16. The molecule has 1 saturated heterocycles. The fourth-order valence-corrected chi connectivity index (χ4v) is 2.55.